The second-order valence-corrected chi connectivity index (χ2v) is 10.5. The zero-order valence-electron chi connectivity index (χ0n) is 20.7. The summed E-state index contributed by atoms with van der Waals surface area (Å²) in [4.78, 5) is 38.7. The highest BCUT2D eigenvalue weighted by Crippen LogP contribution is 2.46. The van der Waals surface area contributed by atoms with Crippen LogP contribution in [0.25, 0.3) is 10.4 Å². The second-order valence-electron chi connectivity index (χ2n) is 7.45. The molecule has 1 N–H and O–H groups in total. The average Bonchev–Trinajstić information content (AvgIpc) is 3.32. The van der Waals surface area contributed by atoms with E-state index in [0.717, 1.165) is 10.4 Å². The summed E-state index contributed by atoms with van der Waals surface area (Å²) in [5.41, 5.74) is 1.22. The van der Waals surface area contributed by atoms with Gasteiger partial charge in [-0.2, -0.15) is 0 Å². The molecule has 9 nitrogen and oxygen atoms in total. The molecule has 3 rings (SSSR count). The van der Waals surface area contributed by atoms with Gasteiger partial charge in [0.15, 0.2) is 6.61 Å². The van der Waals surface area contributed by atoms with E-state index in [1.807, 2.05) is 30.3 Å². The van der Waals surface area contributed by atoms with Crippen molar-refractivity contribution < 1.29 is 37.5 Å². The largest absolute Gasteiger partial charge is 0.462 e. The van der Waals surface area contributed by atoms with Gasteiger partial charge in [-0.05, 0) is 50.6 Å². The van der Waals surface area contributed by atoms with Crippen molar-refractivity contribution in [3.63, 3.8) is 0 Å². The molecule has 0 radical (unpaired) electrons. The predicted octanol–water partition coefficient (Wildman–Crippen LogP) is 5.28. The van der Waals surface area contributed by atoms with Crippen LogP contribution >= 0.6 is 18.9 Å². The number of ether oxygens (including phenoxy) is 2. The van der Waals surface area contributed by atoms with Crippen molar-refractivity contribution in [1.82, 2.24) is 0 Å². The molecule has 0 bridgehead atoms. The number of rotatable bonds is 12. The van der Waals surface area contributed by atoms with Crippen molar-refractivity contribution in [3.05, 3.63) is 71.1 Å². The quantitative estimate of drug-likeness (QED) is 0.241. The maximum atomic E-state index is 13.0. The van der Waals surface area contributed by atoms with Gasteiger partial charge in [0, 0.05) is 4.88 Å². The monoisotopic (exact) mass is 545 g/mol. The lowest BCUT2D eigenvalue weighted by Gasteiger charge is -2.17. The first-order chi connectivity index (χ1) is 17.8. The van der Waals surface area contributed by atoms with Gasteiger partial charge < -0.3 is 23.8 Å². The number of benzene rings is 2. The Bertz CT molecular complexity index is 1280. The fraction of sp³-hybridized carbons (Fsp3) is 0.269. The summed E-state index contributed by atoms with van der Waals surface area (Å²) in [5.74, 6) is -1.99. The summed E-state index contributed by atoms with van der Waals surface area (Å²) in [6.45, 7) is 4.97. The predicted molar refractivity (Wildman–Crippen MR) is 142 cm³/mol. The molecule has 1 amide bonds. The maximum Gasteiger partial charge on any atom is 0.361 e. The van der Waals surface area contributed by atoms with Gasteiger partial charge in [-0.1, -0.05) is 36.4 Å². The number of thiophene rings is 1. The van der Waals surface area contributed by atoms with E-state index in [-0.39, 0.29) is 41.3 Å². The number of carbonyl (C=O) groups is 3. The van der Waals surface area contributed by atoms with E-state index < -0.39 is 32.0 Å². The molecule has 0 saturated carbocycles. The number of amides is 1. The number of carbonyl (C=O) groups excluding carboxylic acids is 3. The van der Waals surface area contributed by atoms with Crippen LogP contribution in [0, 0.1) is 0 Å². The van der Waals surface area contributed by atoms with Crippen LogP contribution in [0.4, 0.5) is 5.69 Å². The summed E-state index contributed by atoms with van der Waals surface area (Å²) in [5, 5.41) is 2.83. The van der Waals surface area contributed by atoms with Crippen LogP contribution in [0.2, 0.25) is 0 Å². The first-order valence-electron chi connectivity index (χ1n) is 11.6. The summed E-state index contributed by atoms with van der Waals surface area (Å²) in [7, 11) is -3.60. The lowest BCUT2D eigenvalue weighted by Crippen LogP contribution is -2.22. The Morgan fingerprint density at radius 2 is 1.54 bits per heavy atom. The summed E-state index contributed by atoms with van der Waals surface area (Å²) in [6.07, 6.45) is 0. The number of esters is 2. The van der Waals surface area contributed by atoms with Gasteiger partial charge in [0.1, 0.15) is 4.88 Å². The van der Waals surface area contributed by atoms with Crippen LogP contribution < -0.4 is 10.6 Å². The molecule has 0 aliphatic carbocycles. The van der Waals surface area contributed by atoms with Crippen molar-refractivity contribution in [2.45, 2.75) is 20.8 Å². The van der Waals surface area contributed by atoms with E-state index in [0.29, 0.717) is 0 Å². The van der Waals surface area contributed by atoms with E-state index in [4.69, 9.17) is 18.5 Å². The standard InChI is InChI=1S/C26H28NO8PS/c1-4-32-26(30)24-21(16-22(37-24)18-11-8-7-9-12-18)27-23(28)17-33-25(29)19-13-10-14-20(15-19)36(31,34-5-2)35-6-3/h7-16H,4-6,17H2,1-3H3,(H,27,28). The van der Waals surface area contributed by atoms with Crippen LogP contribution in [0.15, 0.2) is 60.7 Å². The smallest absolute Gasteiger partial charge is 0.361 e. The van der Waals surface area contributed by atoms with Crippen molar-refractivity contribution in [1.29, 1.82) is 0 Å². The zero-order valence-corrected chi connectivity index (χ0v) is 22.4. The van der Waals surface area contributed by atoms with Crippen molar-refractivity contribution >= 4 is 47.8 Å². The molecule has 0 fully saturated rings. The van der Waals surface area contributed by atoms with E-state index in [2.05, 4.69) is 5.32 Å². The van der Waals surface area contributed by atoms with Crippen molar-refractivity contribution in [3.8, 4) is 10.4 Å². The molecule has 37 heavy (non-hydrogen) atoms. The molecule has 0 saturated heterocycles. The van der Waals surface area contributed by atoms with E-state index >= 15 is 0 Å². The first-order valence-corrected chi connectivity index (χ1v) is 14.0. The third kappa shape index (κ3) is 7.36. The third-order valence-corrected chi connectivity index (χ3v) is 8.13. The maximum absolute atomic E-state index is 13.0. The number of anilines is 1. The number of hydrogen-bond donors (Lipinski definition) is 1. The average molecular weight is 546 g/mol. The van der Waals surface area contributed by atoms with E-state index in [9.17, 15) is 18.9 Å². The fourth-order valence-electron chi connectivity index (χ4n) is 3.31. The summed E-state index contributed by atoms with van der Waals surface area (Å²) in [6, 6.07) is 17.0. The van der Waals surface area contributed by atoms with Gasteiger partial charge in [0.25, 0.3) is 5.91 Å². The Balaban J connectivity index is 1.71. The van der Waals surface area contributed by atoms with Crippen molar-refractivity contribution in [2.75, 3.05) is 31.7 Å². The zero-order chi connectivity index (χ0) is 26.8. The highest BCUT2D eigenvalue weighted by Gasteiger charge is 2.28. The molecule has 0 atom stereocenters. The number of nitrogens with one attached hydrogen (secondary N) is 1. The minimum absolute atomic E-state index is 0.0824. The summed E-state index contributed by atoms with van der Waals surface area (Å²) < 4.78 is 33.9. The summed E-state index contributed by atoms with van der Waals surface area (Å²) >= 11 is 1.19. The van der Waals surface area contributed by atoms with Gasteiger partial charge in [-0.3, -0.25) is 9.36 Å². The van der Waals surface area contributed by atoms with E-state index in [1.54, 1.807) is 26.8 Å². The van der Waals surface area contributed by atoms with E-state index in [1.165, 1.54) is 35.6 Å². The lowest BCUT2D eigenvalue weighted by molar-refractivity contribution is -0.119. The van der Waals surface area contributed by atoms with Gasteiger partial charge in [0.05, 0.1) is 36.4 Å². The molecule has 11 heteroatoms. The SMILES string of the molecule is CCOC(=O)c1sc(-c2ccccc2)cc1NC(=O)COC(=O)c1cccc(P(=O)(OCC)OCC)c1. The highest BCUT2D eigenvalue weighted by molar-refractivity contribution is 7.62. The van der Waals surface area contributed by atoms with Gasteiger partial charge in [-0.25, -0.2) is 9.59 Å². The minimum Gasteiger partial charge on any atom is -0.462 e. The molecule has 0 aliphatic heterocycles. The van der Waals surface area contributed by atoms with Crippen LogP contribution in [-0.4, -0.2) is 44.3 Å². The highest BCUT2D eigenvalue weighted by atomic mass is 32.1. The van der Waals surface area contributed by atoms with Crippen molar-refractivity contribution in [2.24, 2.45) is 0 Å². The lowest BCUT2D eigenvalue weighted by atomic mass is 10.2. The van der Waals surface area contributed by atoms with Crippen LogP contribution in [-0.2, 0) is 27.9 Å². The molecular formula is C26H28NO8PS. The van der Waals surface area contributed by atoms with Gasteiger partial charge >= 0.3 is 19.5 Å². The minimum atomic E-state index is -3.60. The molecular weight excluding hydrogens is 517 g/mol. The Labute approximate surface area is 219 Å². The molecule has 0 aliphatic rings. The Hall–Kier alpha value is -3.30. The number of hydrogen-bond acceptors (Lipinski definition) is 9. The Morgan fingerprint density at radius 1 is 0.838 bits per heavy atom. The fourth-order valence-corrected chi connectivity index (χ4v) is 5.94. The van der Waals surface area contributed by atoms with Crippen LogP contribution in [0.5, 0.6) is 0 Å². The first kappa shape index (κ1) is 28.3. The molecule has 0 unspecified atom stereocenters. The topological polar surface area (TPSA) is 117 Å². The third-order valence-electron chi connectivity index (χ3n) is 4.86. The molecule has 1 heterocycles. The second kappa shape index (κ2) is 13.3. The van der Waals surface area contributed by atoms with Crippen LogP contribution in [0.3, 0.4) is 0 Å². The van der Waals surface area contributed by atoms with Gasteiger partial charge in [0.2, 0.25) is 0 Å². The molecule has 0 spiro atoms. The van der Waals surface area contributed by atoms with Gasteiger partial charge in [-0.15, -0.1) is 11.3 Å². The normalized spacial score (nSPS) is 11.1. The molecule has 3 aromatic rings. The molecule has 1 aromatic heterocycles. The molecule has 196 valence electrons. The molecule has 2 aromatic carbocycles. The Kier molecular flexibility index (Phi) is 10.2. The Morgan fingerprint density at radius 3 is 2.19 bits per heavy atom. The van der Waals surface area contributed by atoms with Crippen LogP contribution in [0.1, 0.15) is 40.8 Å².